The number of imide groups is 2. The summed E-state index contributed by atoms with van der Waals surface area (Å²) >= 11 is 11.6. The predicted molar refractivity (Wildman–Crippen MR) is 133 cm³/mol. The molecule has 4 amide bonds. The molecule has 162 valence electrons. The number of carbonyl (C=O) groups excluding carboxylic acids is 4. The van der Waals surface area contributed by atoms with Crippen LogP contribution in [-0.4, -0.2) is 23.6 Å². The molecule has 2 heterocycles. The molecule has 0 saturated carbocycles. The lowest BCUT2D eigenvalue weighted by atomic mass is 10.3. The normalized spacial score (nSPS) is 16.2. The lowest BCUT2D eigenvalue weighted by molar-refractivity contribution is -0.121. The second-order valence-corrected chi connectivity index (χ2v) is 12.7. The van der Waals surface area contributed by atoms with Crippen molar-refractivity contribution in [1.29, 1.82) is 0 Å². The Balaban J connectivity index is 1.43. The molecule has 2 aromatic rings. The molecule has 0 bridgehead atoms. The monoisotopic (exact) mass is 540 g/mol. The molecular weight excluding hydrogens is 531 g/mol. The van der Waals surface area contributed by atoms with Crippen molar-refractivity contribution in [2.24, 2.45) is 0 Å². The predicted octanol–water partition coefficient (Wildman–Crippen LogP) is 5.77. The van der Waals surface area contributed by atoms with Crippen LogP contribution in [0.5, 0.6) is 0 Å². The number of rotatable bonds is 7. The zero-order valence-electron chi connectivity index (χ0n) is 15.7. The quantitative estimate of drug-likeness (QED) is 0.248. The Hall–Kier alpha value is -1.82. The van der Waals surface area contributed by atoms with Gasteiger partial charge in [-0.2, -0.15) is 0 Å². The molecule has 2 aliphatic rings. The Morgan fingerprint density at radius 2 is 0.969 bits per heavy atom. The first-order chi connectivity index (χ1) is 15.4. The fourth-order valence-electron chi connectivity index (χ4n) is 2.87. The van der Waals surface area contributed by atoms with E-state index in [2.05, 4.69) is 0 Å². The van der Waals surface area contributed by atoms with E-state index in [1.807, 2.05) is 0 Å². The van der Waals surface area contributed by atoms with E-state index in [0.717, 1.165) is 22.0 Å². The molecule has 0 saturated heterocycles. The number of para-hydroxylation sites is 2. The molecule has 4 rings (SSSR count). The van der Waals surface area contributed by atoms with E-state index in [9.17, 15) is 19.2 Å². The Morgan fingerprint density at radius 1 is 0.594 bits per heavy atom. The van der Waals surface area contributed by atoms with Gasteiger partial charge in [-0.05, 0) is 65.5 Å². The van der Waals surface area contributed by atoms with Crippen LogP contribution in [-0.2, 0) is 19.2 Å². The summed E-state index contributed by atoms with van der Waals surface area (Å²) in [5.41, 5.74) is 0.902. The molecule has 0 spiro atoms. The van der Waals surface area contributed by atoms with E-state index in [1.165, 1.54) is 41.2 Å². The molecule has 0 N–H and O–H groups in total. The van der Waals surface area contributed by atoms with Gasteiger partial charge in [0.05, 0.1) is 11.4 Å². The summed E-state index contributed by atoms with van der Waals surface area (Å²) in [5, 5.41) is -0.241. The van der Waals surface area contributed by atoms with E-state index in [4.69, 9.17) is 23.2 Å². The summed E-state index contributed by atoms with van der Waals surface area (Å²) in [7, 11) is 5.53. The standard InChI is InChI=1S/C20H10Cl2N2O4S4/c21-11-9-17(25)23(19(11)27)13-5-1-3-7-15(13)29-31-32-30-16-8-4-2-6-14(16)24-18(26)10-12(22)20(24)28/h1-10H. The third kappa shape index (κ3) is 4.61. The third-order valence-electron chi connectivity index (χ3n) is 4.24. The first kappa shape index (κ1) is 23.3. The highest BCUT2D eigenvalue weighted by Gasteiger charge is 2.34. The summed E-state index contributed by atoms with van der Waals surface area (Å²) in [5.74, 6) is -2.08. The summed E-state index contributed by atoms with van der Waals surface area (Å²) < 4.78 is 0. The van der Waals surface area contributed by atoms with Crippen LogP contribution in [0.1, 0.15) is 0 Å². The van der Waals surface area contributed by atoms with Crippen molar-refractivity contribution >= 4 is 99.4 Å². The van der Waals surface area contributed by atoms with Crippen LogP contribution in [0.3, 0.4) is 0 Å². The number of nitrogens with zero attached hydrogens (tertiary/aromatic N) is 2. The lowest BCUT2D eigenvalue weighted by Gasteiger charge is -2.18. The number of benzene rings is 2. The summed E-state index contributed by atoms with van der Waals surface area (Å²) in [6, 6.07) is 14.0. The van der Waals surface area contributed by atoms with Crippen LogP contribution >= 0.6 is 64.4 Å². The second kappa shape index (κ2) is 9.98. The van der Waals surface area contributed by atoms with Gasteiger partial charge in [-0.1, -0.05) is 47.5 Å². The molecule has 0 atom stereocenters. The summed E-state index contributed by atoms with van der Waals surface area (Å²) in [6.07, 6.45) is 2.20. The molecule has 0 unspecified atom stereocenters. The number of anilines is 2. The molecular formula is C20H10Cl2N2O4S4. The van der Waals surface area contributed by atoms with Crippen LogP contribution in [0.4, 0.5) is 11.4 Å². The molecule has 0 aliphatic carbocycles. The van der Waals surface area contributed by atoms with Crippen molar-refractivity contribution in [3.8, 4) is 0 Å². The van der Waals surface area contributed by atoms with Crippen molar-refractivity contribution in [1.82, 2.24) is 0 Å². The number of hydrogen-bond acceptors (Lipinski definition) is 8. The fourth-order valence-corrected chi connectivity index (χ4v) is 8.95. The van der Waals surface area contributed by atoms with Crippen molar-refractivity contribution in [3.63, 3.8) is 0 Å². The maximum Gasteiger partial charge on any atom is 0.277 e. The van der Waals surface area contributed by atoms with Crippen molar-refractivity contribution < 1.29 is 19.2 Å². The van der Waals surface area contributed by atoms with Crippen LogP contribution < -0.4 is 9.80 Å². The Kier molecular flexibility index (Phi) is 7.28. The van der Waals surface area contributed by atoms with E-state index in [1.54, 1.807) is 48.5 Å². The topological polar surface area (TPSA) is 74.8 Å². The molecule has 6 nitrogen and oxygen atoms in total. The van der Waals surface area contributed by atoms with Gasteiger partial charge in [0.15, 0.2) is 0 Å². The molecule has 0 radical (unpaired) electrons. The van der Waals surface area contributed by atoms with Crippen LogP contribution in [0.25, 0.3) is 0 Å². The zero-order valence-corrected chi connectivity index (χ0v) is 20.5. The van der Waals surface area contributed by atoms with Gasteiger partial charge >= 0.3 is 0 Å². The molecule has 0 aromatic heterocycles. The van der Waals surface area contributed by atoms with Gasteiger partial charge in [-0.15, -0.1) is 0 Å². The minimum atomic E-state index is -0.558. The maximum atomic E-state index is 12.2. The number of halogens is 2. The number of hydrogen-bond donors (Lipinski definition) is 0. The van der Waals surface area contributed by atoms with Gasteiger partial charge in [0.25, 0.3) is 23.6 Å². The van der Waals surface area contributed by atoms with Gasteiger partial charge in [0.1, 0.15) is 10.1 Å². The van der Waals surface area contributed by atoms with Gasteiger partial charge in [-0.3, -0.25) is 19.2 Å². The second-order valence-electron chi connectivity index (χ2n) is 6.18. The zero-order chi connectivity index (χ0) is 22.8. The van der Waals surface area contributed by atoms with Crippen LogP contribution in [0.2, 0.25) is 0 Å². The highest BCUT2D eigenvalue weighted by molar-refractivity contribution is 9.26. The number of carbonyl (C=O) groups is 4. The average Bonchev–Trinajstić information content (AvgIpc) is 3.18. The third-order valence-corrected chi connectivity index (χ3v) is 10.9. The first-order valence-corrected chi connectivity index (χ1v) is 14.3. The van der Waals surface area contributed by atoms with Crippen LogP contribution in [0.15, 0.2) is 80.5 Å². The van der Waals surface area contributed by atoms with Crippen molar-refractivity contribution in [2.75, 3.05) is 9.80 Å². The van der Waals surface area contributed by atoms with Gasteiger partial charge in [0.2, 0.25) is 0 Å². The smallest absolute Gasteiger partial charge is 0.269 e. The highest BCUT2D eigenvalue weighted by atomic mass is 35.5. The Morgan fingerprint density at radius 3 is 1.31 bits per heavy atom. The first-order valence-electron chi connectivity index (χ1n) is 8.75. The minimum Gasteiger partial charge on any atom is -0.269 e. The average molecular weight is 541 g/mol. The maximum absolute atomic E-state index is 12.2. The summed E-state index contributed by atoms with van der Waals surface area (Å²) in [6.45, 7) is 0. The lowest BCUT2D eigenvalue weighted by Crippen LogP contribution is -2.30. The molecule has 2 aliphatic heterocycles. The van der Waals surface area contributed by atoms with Gasteiger partial charge in [0, 0.05) is 21.9 Å². The minimum absolute atomic E-state index is 0.121. The largest absolute Gasteiger partial charge is 0.277 e. The SMILES string of the molecule is O=C1C=C(Cl)C(=O)N1c1ccccc1SSSSc1ccccc1N1C(=O)C=C(Cl)C1=O. The van der Waals surface area contributed by atoms with E-state index >= 15 is 0 Å². The number of amides is 4. The molecule has 2 aromatic carbocycles. The van der Waals surface area contributed by atoms with Crippen molar-refractivity contribution in [2.45, 2.75) is 9.79 Å². The van der Waals surface area contributed by atoms with E-state index in [-0.39, 0.29) is 10.1 Å². The summed E-state index contributed by atoms with van der Waals surface area (Å²) in [4.78, 5) is 52.3. The van der Waals surface area contributed by atoms with Gasteiger partial charge < -0.3 is 0 Å². The Labute approximate surface area is 207 Å². The van der Waals surface area contributed by atoms with Crippen LogP contribution in [0, 0.1) is 0 Å². The molecule has 12 heteroatoms. The highest BCUT2D eigenvalue weighted by Crippen LogP contribution is 2.53. The molecule has 0 fully saturated rings. The fraction of sp³-hybridized carbons (Fsp3) is 0. The Bertz CT molecular complexity index is 1120. The van der Waals surface area contributed by atoms with E-state index in [0.29, 0.717) is 21.2 Å². The van der Waals surface area contributed by atoms with E-state index < -0.39 is 23.6 Å². The van der Waals surface area contributed by atoms with Crippen molar-refractivity contribution in [3.05, 3.63) is 70.7 Å². The molecule has 32 heavy (non-hydrogen) atoms. The van der Waals surface area contributed by atoms with Gasteiger partial charge in [-0.25, -0.2) is 9.80 Å².